The number of nitrogens with zero attached hydrogens (tertiary/aromatic N) is 1. The Morgan fingerprint density at radius 2 is 2.00 bits per heavy atom. The molecule has 1 amide bonds. The van der Waals surface area contributed by atoms with Gasteiger partial charge in [0.2, 0.25) is 15.9 Å². The average Bonchev–Trinajstić information content (AvgIpc) is 2.47. The summed E-state index contributed by atoms with van der Waals surface area (Å²) >= 11 is 0. The van der Waals surface area contributed by atoms with Crippen LogP contribution in [0.2, 0.25) is 0 Å². The zero-order valence-electron chi connectivity index (χ0n) is 11.9. The number of sulfonamides is 1. The van der Waals surface area contributed by atoms with Gasteiger partial charge in [-0.05, 0) is 43.4 Å². The van der Waals surface area contributed by atoms with Crippen molar-refractivity contribution in [3.63, 3.8) is 0 Å². The van der Waals surface area contributed by atoms with Crippen molar-refractivity contribution in [2.45, 2.75) is 24.7 Å². The molecule has 1 saturated heterocycles. The molecule has 0 aromatic heterocycles. The van der Waals surface area contributed by atoms with E-state index in [1.165, 1.54) is 16.4 Å². The van der Waals surface area contributed by atoms with E-state index in [0.717, 1.165) is 0 Å². The summed E-state index contributed by atoms with van der Waals surface area (Å²) in [5, 5.41) is 9.11. The van der Waals surface area contributed by atoms with E-state index in [1.807, 2.05) is 0 Å². The van der Waals surface area contributed by atoms with Crippen molar-refractivity contribution < 1.29 is 18.3 Å². The zero-order valence-corrected chi connectivity index (χ0v) is 12.8. The van der Waals surface area contributed by atoms with E-state index in [9.17, 15) is 13.2 Å². The Kier molecular flexibility index (Phi) is 4.65. The minimum Gasteiger partial charge on any atom is -0.396 e. The lowest BCUT2D eigenvalue weighted by molar-refractivity contribution is 0.0999. The molecule has 1 aliphatic heterocycles. The van der Waals surface area contributed by atoms with E-state index < -0.39 is 15.9 Å². The Balaban J connectivity index is 2.28. The molecule has 0 spiro atoms. The summed E-state index contributed by atoms with van der Waals surface area (Å²) in [4.78, 5) is 11.4. The number of hydrogen-bond donors (Lipinski definition) is 2. The smallest absolute Gasteiger partial charge is 0.249 e. The van der Waals surface area contributed by atoms with Crippen molar-refractivity contribution in [1.82, 2.24) is 4.31 Å². The predicted molar refractivity (Wildman–Crippen MR) is 78.3 cm³/mol. The molecule has 1 aromatic rings. The molecule has 1 fully saturated rings. The number of benzene rings is 1. The standard InChI is InChI=1S/C14H20N2O4S/c1-10-2-3-12(8-13(10)14(15)18)21(19,20)16-6-4-11(9-17)5-7-16/h2-3,8,11,17H,4-7,9H2,1H3,(H2,15,18). The first-order chi connectivity index (χ1) is 9.86. The van der Waals surface area contributed by atoms with Gasteiger partial charge in [-0.25, -0.2) is 8.42 Å². The van der Waals surface area contributed by atoms with Crippen LogP contribution >= 0.6 is 0 Å². The maximum atomic E-state index is 12.6. The van der Waals surface area contributed by atoms with Crippen LogP contribution in [-0.4, -0.2) is 43.4 Å². The molecular weight excluding hydrogens is 292 g/mol. The highest BCUT2D eigenvalue weighted by Gasteiger charge is 2.29. The van der Waals surface area contributed by atoms with E-state index in [2.05, 4.69) is 0 Å². The van der Waals surface area contributed by atoms with Crippen molar-refractivity contribution in [1.29, 1.82) is 0 Å². The van der Waals surface area contributed by atoms with E-state index >= 15 is 0 Å². The molecule has 0 bridgehead atoms. The van der Waals surface area contributed by atoms with Crippen LogP contribution < -0.4 is 5.73 Å². The van der Waals surface area contributed by atoms with Gasteiger partial charge in [-0.3, -0.25) is 4.79 Å². The second-order valence-electron chi connectivity index (χ2n) is 5.37. The van der Waals surface area contributed by atoms with Crippen molar-refractivity contribution in [2.75, 3.05) is 19.7 Å². The SMILES string of the molecule is Cc1ccc(S(=O)(=O)N2CCC(CO)CC2)cc1C(N)=O. The van der Waals surface area contributed by atoms with Gasteiger partial charge in [-0.1, -0.05) is 6.07 Å². The van der Waals surface area contributed by atoms with Crippen LogP contribution in [0.1, 0.15) is 28.8 Å². The number of hydrogen-bond acceptors (Lipinski definition) is 4. The van der Waals surface area contributed by atoms with Gasteiger partial charge in [0.1, 0.15) is 0 Å². The van der Waals surface area contributed by atoms with Gasteiger partial charge in [0.15, 0.2) is 0 Å². The van der Waals surface area contributed by atoms with Crippen molar-refractivity contribution >= 4 is 15.9 Å². The first-order valence-electron chi connectivity index (χ1n) is 6.87. The van der Waals surface area contributed by atoms with Gasteiger partial charge in [0, 0.05) is 25.3 Å². The average molecular weight is 312 g/mol. The fraction of sp³-hybridized carbons (Fsp3) is 0.500. The number of carbonyl (C=O) groups is 1. The minimum absolute atomic E-state index is 0.0874. The molecule has 7 heteroatoms. The Morgan fingerprint density at radius 3 is 2.52 bits per heavy atom. The Bertz CT molecular complexity index is 634. The van der Waals surface area contributed by atoms with Gasteiger partial charge in [0.25, 0.3) is 0 Å². The topological polar surface area (TPSA) is 101 Å². The molecule has 0 saturated carbocycles. The monoisotopic (exact) mass is 312 g/mol. The van der Waals surface area contributed by atoms with Gasteiger partial charge < -0.3 is 10.8 Å². The number of carbonyl (C=O) groups excluding carboxylic acids is 1. The summed E-state index contributed by atoms with van der Waals surface area (Å²) < 4.78 is 26.6. The molecule has 0 atom stereocenters. The first kappa shape index (κ1) is 15.9. The van der Waals surface area contributed by atoms with Gasteiger partial charge >= 0.3 is 0 Å². The molecule has 3 N–H and O–H groups in total. The van der Waals surface area contributed by atoms with Crippen LogP contribution in [0.5, 0.6) is 0 Å². The summed E-state index contributed by atoms with van der Waals surface area (Å²) in [6.07, 6.45) is 1.29. The van der Waals surface area contributed by atoms with Gasteiger partial charge in [-0.2, -0.15) is 4.31 Å². The van der Waals surface area contributed by atoms with Crippen molar-refractivity contribution in [3.8, 4) is 0 Å². The van der Waals surface area contributed by atoms with Gasteiger partial charge in [-0.15, -0.1) is 0 Å². The molecule has 116 valence electrons. The number of amides is 1. The normalized spacial score (nSPS) is 17.8. The number of aliphatic hydroxyl groups is 1. The largest absolute Gasteiger partial charge is 0.396 e. The summed E-state index contributed by atoms with van der Waals surface area (Å²) in [6.45, 7) is 2.56. The maximum Gasteiger partial charge on any atom is 0.249 e. The Morgan fingerprint density at radius 1 is 1.38 bits per heavy atom. The van der Waals surface area contributed by atoms with Crippen LogP contribution in [0.25, 0.3) is 0 Å². The van der Waals surface area contributed by atoms with Crippen LogP contribution in [-0.2, 0) is 10.0 Å². The molecule has 6 nitrogen and oxygen atoms in total. The highest BCUT2D eigenvalue weighted by Crippen LogP contribution is 2.24. The van der Waals surface area contributed by atoms with E-state index in [4.69, 9.17) is 10.8 Å². The lowest BCUT2D eigenvalue weighted by Crippen LogP contribution is -2.39. The molecule has 21 heavy (non-hydrogen) atoms. The molecule has 1 heterocycles. The highest BCUT2D eigenvalue weighted by atomic mass is 32.2. The summed E-state index contributed by atoms with van der Waals surface area (Å²) in [5.74, 6) is -0.473. The van der Waals surface area contributed by atoms with E-state index in [1.54, 1.807) is 13.0 Å². The number of aliphatic hydroxyl groups excluding tert-OH is 1. The minimum atomic E-state index is -3.62. The third kappa shape index (κ3) is 3.25. The number of nitrogens with two attached hydrogens (primary N) is 1. The first-order valence-corrected chi connectivity index (χ1v) is 8.31. The molecule has 0 aliphatic carbocycles. The molecule has 2 rings (SSSR count). The number of rotatable bonds is 4. The Hall–Kier alpha value is -1.44. The third-order valence-corrected chi connectivity index (χ3v) is 5.84. The quantitative estimate of drug-likeness (QED) is 0.844. The van der Waals surface area contributed by atoms with Crippen LogP contribution in [0.3, 0.4) is 0 Å². The van der Waals surface area contributed by atoms with Crippen molar-refractivity contribution in [2.24, 2.45) is 11.7 Å². The summed E-state index contributed by atoms with van der Waals surface area (Å²) in [6, 6.07) is 4.42. The Labute approximate surface area is 124 Å². The van der Waals surface area contributed by atoms with E-state index in [-0.39, 0.29) is 23.0 Å². The van der Waals surface area contributed by atoms with Crippen LogP contribution in [0.15, 0.2) is 23.1 Å². The molecular formula is C14H20N2O4S. The number of piperidine rings is 1. The van der Waals surface area contributed by atoms with E-state index in [0.29, 0.717) is 31.5 Å². The molecule has 0 unspecified atom stereocenters. The fourth-order valence-electron chi connectivity index (χ4n) is 2.51. The number of aryl methyl sites for hydroxylation is 1. The lowest BCUT2D eigenvalue weighted by atomic mass is 10.00. The molecule has 0 radical (unpaired) electrons. The third-order valence-electron chi connectivity index (χ3n) is 3.94. The molecule has 1 aliphatic rings. The maximum absolute atomic E-state index is 12.6. The summed E-state index contributed by atoms with van der Waals surface area (Å²) in [7, 11) is -3.62. The zero-order chi connectivity index (χ0) is 15.6. The second kappa shape index (κ2) is 6.13. The fourth-order valence-corrected chi connectivity index (χ4v) is 4.00. The van der Waals surface area contributed by atoms with Crippen molar-refractivity contribution in [3.05, 3.63) is 29.3 Å². The highest BCUT2D eigenvalue weighted by molar-refractivity contribution is 7.89. The molecule has 1 aromatic carbocycles. The van der Waals surface area contributed by atoms with Crippen LogP contribution in [0.4, 0.5) is 0 Å². The summed E-state index contributed by atoms with van der Waals surface area (Å²) in [5.41, 5.74) is 6.14. The van der Waals surface area contributed by atoms with Gasteiger partial charge in [0.05, 0.1) is 4.90 Å². The second-order valence-corrected chi connectivity index (χ2v) is 7.31. The predicted octanol–water partition coefficient (Wildman–Crippen LogP) is 0.487. The number of primary amides is 1. The lowest BCUT2D eigenvalue weighted by Gasteiger charge is -2.30. The van der Waals surface area contributed by atoms with Crippen LogP contribution in [0, 0.1) is 12.8 Å².